The quantitative estimate of drug-likeness (QED) is 0.567. The van der Waals surface area contributed by atoms with Gasteiger partial charge in [-0.3, -0.25) is 0 Å². The van der Waals surface area contributed by atoms with E-state index in [1.165, 1.54) is 19.2 Å². The molecule has 3 aromatic rings. The molecule has 1 N–H and O–H groups in total. The molecular formula is C18H13Cl2F3N2O2. The van der Waals surface area contributed by atoms with E-state index in [0.29, 0.717) is 27.2 Å². The number of rotatable bonds is 3. The first-order chi connectivity index (χ1) is 12.6. The molecule has 1 aromatic carbocycles. The van der Waals surface area contributed by atoms with Gasteiger partial charge in [-0.25, -0.2) is 9.78 Å². The van der Waals surface area contributed by atoms with Crippen LogP contribution < -0.4 is 0 Å². The number of hydrogen-bond acceptors (Lipinski definition) is 3. The molecule has 0 fully saturated rings. The molecule has 0 aliphatic rings. The minimum absolute atomic E-state index is 0.119. The third kappa shape index (κ3) is 3.75. The van der Waals surface area contributed by atoms with E-state index in [0.717, 1.165) is 6.07 Å². The van der Waals surface area contributed by atoms with Gasteiger partial charge in [0.2, 0.25) is 0 Å². The molecule has 0 radical (unpaired) electrons. The first kappa shape index (κ1) is 19.5. The van der Waals surface area contributed by atoms with Gasteiger partial charge >= 0.3 is 12.1 Å². The number of aromatic amines is 1. The van der Waals surface area contributed by atoms with Crippen LogP contribution in [0.1, 0.15) is 32.9 Å². The maximum Gasteiger partial charge on any atom is 0.433 e. The molecule has 2 heterocycles. The van der Waals surface area contributed by atoms with Crippen molar-refractivity contribution < 1.29 is 22.7 Å². The normalized spacial score (nSPS) is 11.8. The number of fused-ring (bicyclic) bond motifs is 1. The smallest absolute Gasteiger partial charge is 0.433 e. The molecule has 4 nitrogen and oxygen atoms in total. The third-order valence-corrected chi connectivity index (χ3v) is 4.90. The van der Waals surface area contributed by atoms with Crippen LogP contribution in [-0.4, -0.2) is 23.0 Å². The van der Waals surface area contributed by atoms with Crippen molar-refractivity contribution in [1.82, 2.24) is 9.97 Å². The number of aromatic nitrogens is 2. The van der Waals surface area contributed by atoms with Gasteiger partial charge in [-0.2, -0.15) is 13.2 Å². The second kappa shape index (κ2) is 7.05. The topological polar surface area (TPSA) is 55.0 Å². The highest BCUT2D eigenvalue weighted by molar-refractivity contribution is 6.38. The van der Waals surface area contributed by atoms with Crippen LogP contribution in [0.25, 0.3) is 11.0 Å². The number of H-pyrrole nitrogens is 1. The van der Waals surface area contributed by atoms with Gasteiger partial charge in [0.25, 0.3) is 0 Å². The lowest BCUT2D eigenvalue weighted by Gasteiger charge is -2.09. The molecule has 0 aliphatic carbocycles. The highest BCUT2D eigenvalue weighted by Gasteiger charge is 2.33. The number of hydrogen-bond donors (Lipinski definition) is 1. The van der Waals surface area contributed by atoms with Crippen molar-refractivity contribution in [3.05, 3.63) is 62.4 Å². The number of methoxy groups -OCH3 is 1. The minimum Gasteiger partial charge on any atom is -0.465 e. The zero-order valence-corrected chi connectivity index (χ0v) is 15.7. The van der Waals surface area contributed by atoms with E-state index < -0.39 is 17.8 Å². The number of esters is 1. The van der Waals surface area contributed by atoms with Crippen molar-refractivity contribution >= 4 is 40.2 Å². The number of nitrogens with zero attached hydrogens (tertiary/aromatic N) is 1. The van der Waals surface area contributed by atoms with Gasteiger partial charge in [0.05, 0.1) is 17.7 Å². The van der Waals surface area contributed by atoms with E-state index in [1.54, 1.807) is 13.0 Å². The average Bonchev–Trinajstić information content (AvgIpc) is 3.00. The second-order valence-corrected chi connectivity index (χ2v) is 6.72. The van der Waals surface area contributed by atoms with Gasteiger partial charge in [-0.1, -0.05) is 23.2 Å². The third-order valence-electron chi connectivity index (χ3n) is 4.11. The maximum absolute atomic E-state index is 13.0. The highest BCUT2D eigenvalue weighted by atomic mass is 35.5. The highest BCUT2D eigenvalue weighted by Crippen LogP contribution is 2.33. The van der Waals surface area contributed by atoms with E-state index in [4.69, 9.17) is 23.2 Å². The lowest BCUT2D eigenvalue weighted by Crippen LogP contribution is -2.08. The summed E-state index contributed by atoms with van der Waals surface area (Å²) in [7, 11) is 1.23. The van der Waals surface area contributed by atoms with Crippen LogP contribution in [0.15, 0.2) is 24.3 Å². The molecule has 0 unspecified atom stereocenters. The van der Waals surface area contributed by atoms with Crippen LogP contribution in [0, 0.1) is 6.92 Å². The SMILES string of the molecule is COC(=O)c1ccc(Cl)c(Cc2cc3c(C)cc(C(F)(F)F)nc3[nH]2)c1Cl. The molecule has 0 saturated carbocycles. The molecule has 0 aliphatic heterocycles. The van der Waals surface area contributed by atoms with Crippen LogP contribution in [-0.2, 0) is 17.3 Å². The number of carbonyl (C=O) groups excluding carboxylic acids is 1. The van der Waals surface area contributed by atoms with Gasteiger partial charge in [0.1, 0.15) is 11.3 Å². The zero-order chi connectivity index (χ0) is 19.9. The summed E-state index contributed by atoms with van der Waals surface area (Å²) in [5.41, 5.74) is 0.768. The Balaban J connectivity index is 2.05. The predicted molar refractivity (Wildman–Crippen MR) is 96.4 cm³/mol. The van der Waals surface area contributed by atoms with Crippen molar-refractivity contribution in [2.45, 2.75) is 19.5 Å². The number of carbonyl (C=O) groups is 1. The first-order valence-corrected chi connectivity index (χ1v) is 8.49. The summed E-state index contributed by atoms with van der Waals surface area (Å²) in [6.45, 7) is 1.58. The Morgan fingerprint density at radius 3 is 2.59 bits per heavy atom. The number of alkyl halides is 3. The summed E-state index contributed by atoms with van der Waals surface area (Å²) < 4.78 is 43.5. The van der Waals surface area contributed by atoms with E-state index in [2.05, 4.69) is 14.7 Å². The molecule has 9 heteroatoms. The van der Waals surface area contributed by atoms with Crippen molar-refractivity contribution in [3.8, 4) is 0 Å². The van der Waals surface area contributed by atoms with E-state index in [1.807, 2.05) is 0 Å². The fourth-order valence-electron chi connectivity index (χ4n) is 2.78. The Bertz CT molecular complexity index is 1050. The number of ether oxygens (including phenoxy) is 1. The predicted octanol–water partition coefficient (Wildman–Crippen LogP) is 5.57. The van der Waals surface area contributed by atoms with Crippen LogP contribution in [0.5, 0.6) is 0 Å². The van der Waals surface area contributed by atoms with Crippen molar-refractivity contribution in [3.63, 3.8) is 0 Å². The molecule has 2 aromatic heterocycles. The molecular weight excluding hydrogens is 404 g/mol. The van der Waals surface area contributed by atoms with E-state index in [-0.39, 0.29) is 22.7 Å². The number of pyridine rings is 1. The fourth-order valence-corrected chi connectivity index (χ4v) is 3.36. The number of nitrogens with one attached hydrogen (secondary N) is 1. The molecule has 27 heavy (non-hydrogen) atoms. The molecule has 142 valence electrons. The van der Waals surface area contributed by atoms with Crippen LogP contribution in [0.2, 0.25) is 10.0 Å². The maximum atomic E-state index is 13.0. The lowest BCUT2D eigenvalue weighted by atomic mass is 10.1. The van der Waals surface area contributed by atoms with E-state index >= 15 is 0 Å². The van der Waals surface area contributed by atoms with Crippen molar-refractivity contribution in [2.24, 2.45) is 0 Å². The summed E-state index contributed by atoms with van der Waals surface area (Å²) in [5.74, 6) is -0.609. The largest absolute Gasteiger partial charge is 0.465 e. The standard InChI is InChI=1S/C18H13Cl2F3N2O2/c1-8-5-14(18(21,22)23)25-16-11(8)6-9(24-16)7-12-13(19)4-3-10(15(12)20)17(26)27-2/h3-6H,7H2,1-2H3,(H,24,25). The summed E-state index contributed by atoms with van der Waals surface area (Å²) in [5, 5.41) is 1.02. The van der Waals surface area contributed by atoms with Gasteiger partial charge in [-0.05, 0) is 42.3 Å². The Morgan fingerprint density at radius 1 is 1.26 bits per heavy atom. The summed E-state index contributed by atoms with van der Waals surface area (Å²) in [6, 6.07) is 5.66. The summed E-state index contributed by atoms with van der Waals surface area (Å²) >= 11 is 12.5. The van der Waals surface area contributed by atoms with Gasteiger partial charge in [0, 0.05) is 22.5 Å². The van der Waals surface area contributed by atoms with Crippen LogP contribution in [0.3, 0.4) is 0 Å². The molecule has 0 spiro atoms. The zero-order valence-electron chi connectivity index (χ0n) is 14.2. The van der Waals surface area contributed by atoms with Crippen LogP contribution >= 0.6 is 23.2 Å². The Kier molecular flexibility index (Phi) is 5.10. The monoisotopic (exact) mass is 416 g/mol. The molecule has 3 rings (SSSR count). The Hall–Kier alpha value is -2.25. The average molecular weight is 417 g/mol. The van der Waals surface area contributed by atoms with Crippen molar-refractivity contribution in [2.75, 3.05) is 7.11 Å². The van der Waals surface area contributed by atoms with Crippen LogP contribution in [0.4, 0.5) is 13.2 Å². The van der Waals surface area contributed by atoms with Crippen molar-refractivity contribution in [1.29, 1.82) is 0 Å². The summed E-state index contributed by atoms with van der Waals surface area (Å²) in [6.07, 6.45) is -4.36. The van der Waals surface area contributed by atoms with Gasteiger partial charge in [-0.15, -0.1) is 0 Å². The Morgan fingerprint density at radius 2 is 1.96 bits per heavy atom. The number of benzene rings is 1. The number of aryl methyl sites for hydroxylation is 1. The van der Waals surface area contributed by atoms with Gasteiger partial charge in [0.15, 0.2) is 0 Å². The van der Waals surface area contributed by atoms with Gasteiger partial charge < -0.3 is 9.72 Å². The molecule has 0 amide bonds. The minimum atomic E-state index is -4.54. The Labute approximate surface area is 162 Å². The molecule has 0 bridgehead atoms. The number of halogens is 5. The second-order valence-electron chi connectivity index (χ2n) is 5.93. The molecule has 0 atom stereocenters. The first-order valence-electron chi connectivity index (χ1n) is 7.73. The lowest BCUT2D eigenvalue weighted by molar-refractivity contribution is -0.141. The summed E-state index contributed by atoms with van der Waals surface area (Å²) in [4.78, 5) is 18.3. The fraction of sp³-hybridized carbons (Fsp3) is 0.222. The molecule has 0 saturated heterocycles. The van der Waals surface area contributed by atoms with E-state index in [9.17, 15) is 18.0 Å².